The quantitative estimate of drug-likeness (QED) is 0.0891. The van der Waals surface area contributed by atoms with E-state index in [4.69, 9.17) is 15.2 Å². The molecule has 0 saturated carbocycles. The average molecular weight is 503 g/mol. The first-order valence-corrected chi connectivity index (χ1v) is 12.5. The van der Waals surface area contributed by atoms with Gasteiger partial charge in [0.15, 0.2) is 0 Å². The molecule has 0 aliphatic carbocycles. The van der Waals surface area contributed by atoms with Crippen LogP contribution in [-0.4, -0.2) is 96.4 Å². The number of nitrogens with two attached hydrogens (primary N) is 1. The highest BCUT2D eigenvalue weighted by atomic mass is 16.5. The number of unbranched alkanes of at least 4 members (excludes halogenated alkanes) is 3. The third-order valence-corrected chi connectivity index (χ3v) is 5.03. The molecule has 0 saturated heterocycles. The van der Waals surface area contributed by atoms with E-state index < -0.39 is 11.9 Å². The summed E-state index contributed by atoms with van der Waals surface area (Å²) in [5, 5.41) is 14.1. The molecular weight excluding hydrogens is 456 g/mol. The number of primary amides is 1. The number of ether oxygens (including phenoxy) is 2. The second kappa shape index (κ2) is 23.5. The molecule has 0 heterocycles. The van der Waals surface area contributed by atoms with Crippen molar-refractivity contribution in [3.8, 4) is 0 Å². The third-order valence-electron chi connectivity index (χ3n) is 5.03. The lowest BCUT2D eigenvalue weighted by Gasteiger charge is -2.15. The smallest absolute Gasteiger partial charge is 0.245 e. The number of nitrogens with one attached hydrogen (secondary N) is 5. The number of carbonyl (C=O) groups excluding carboxylic acids is 4. The zero-order valence-corrected chi connectivity index (χ0v) is 21.4. The summed E-state index contributed by atoms with van der Waals surface area (Å²) < 4.78 is 10.6. The van der Waals surface area contributed by atoms with Gasteiger partial charge >= 0.3 is 0 Å². The van der Waals surface area contributed by atoms with Gasteiger partial charge in [-0.05, 0) is 52.7 Å². The number of carbonyl (C=O) groups is 4. The predicted octanol–water partition coefficient (Wildman–Crippen LogP) is -1.22. The summed E-state index contributed by atoms with van der Waals surface area (Å²) in [5.41, 5.74) is 5.34. The predicted molar refractivity (Wildman–Crippen MR) is 134 cm³/mol. The largest absolute Gasteiger partial charge is 0.377 e. The minimum Gasteiger partial charge on any atom is -0.377 e. The van der Waals surface area contributed by atoms with E-state index in [0.717, 1.165) is 25.8 Å². The zero-order chi connectivity index (χ0) is 26.2. The fraction of sp³-hybridized carbons (Fsp3) is 0.826. The molecular formula is C23H46N6O6. The van der Waals surface area contributed by atoms with Crippen molar-refractivity contribution < 1.29 is 28.7 Å². The molecule has 0 aliphatic rings. The van der Waals surface area contributed by atoms with Gasteiger partial charge in [-0.3, -0.25) is 19.2 Å². The standard InChI is InChI=1S/C23H46N6O6/c1-25-11-6-3-4-9-20(30)28-14-15-34-16-17-35-18-22(32)27-12-7-5-8-19(23(24)33)29-21(31)10-13-26-2/h19,25-26H,3-18H2,1-2H3,(H2,24,33)(H,27,32)(H,28,30)(H,29,31). The van der Waals surface area contributed by atoms with Crippen LogP contribution >= 0.6 is 0 Å². The average Bonchev–Trinajstić information content (AvgIpc) is 2.83. The first-order chi connectivity index (χ1) is 16.9. The molecule has 0 aromatic carbocycles. The first kappa shape index (κ1) is 32.7. The molecule has 0 aromatic heterocycles. The molecule has 7 N–H and O–H groups in total. The molecule has 4 amide bonds. The van der Waals surface area contributed by atoms with Crippen LogP contribution in [0.15, 0.2) is 0 Å². The number of rotatable bonds is 24. The molecule has 0 aliphatic heterocycles. The monoisotopic (exact) mass is 502 g/mol. The van der Waals surface area contributed by atoms with E-state index in [-0.39, 0.29) is 37.4 Å². The van der Waals surface area contributed by atoms with Crippen LogP contribution in [0.5, 0.6) is 0 Å². The molecule has 204 valence electrons. The van der Waals surface area contributed by atoms with Crippen molar-refractivity contribution in [3.63, 3.8) is 0 Å². The van der Waals surface area contributed by atoms with Gasteiger partial charge in [0.1, 0.15) is 12.6 Å². The fourth-order valence-corrected chi connectivity index (χ4v) is 3.04. The lowest BCUT2D eigenvalue weighted by Crippen LogP contribution is -2.45. The van der Waals surface area contributed by atoms with Crippen LogP contribution in [-0.2, 0) is 28.7 Å². The summed E-state index contributed by atoms with van der Waals surface area (Å²) in [6.45, 7) is 3.31. The fourth-order valence-electron chi connectivity index (χ4n) is 3.04. The molecule has 0 radical (unpaired) electrons. The van der Waals surface area contributed by atoms with Gasteiger partial charge in [-0.2, -0.15) is 0 Å². The Morgan fingerprint density at radius 1 is 0.686 bits per heavy atom. The summed E-state index contributed by atoms with van der Waals surface area (Å²) in [5.74, 6) is -1.00. The minimum absolute atomic E-state index is 0.0328. The molecule has 0 aromatic rings. The van der Waals surface area contributed by atoms with Crippen molar-refractivity contribution in [1.82, 2.24) is 26.6 Å². The van der Waals surface area contributed by atoms with Gasteiger partial charge in [0.2, 0.25) is 23.6 Å². The Bertz CT molecular complexity index is 593. The second-order valence-corrected chi connectivity index (χ2v) is 8.15. The Morgan fingerprint density at radius 2 is 1.37 bits per heavy atom. The van der Waals surface area contributed by atoms with Crippen molar-refractivity contribution in [2.45, 2.75) is 57.4 Å². The molecule has 0 fully saturated rings. The molecule has 35 heavy (non-hydrogen) atoms. The summed E-state index contributed by atoms with van der Waals surface area (Å²) >= 11 is 0. The van der Waals surface area contributed by atoms with Crippen LogP contribution in [0.4, 0.5) is 0 Å². The molecule has 1 unspecified atom stereocenters. The van der Waals surface area contributed by atoms with Crippen molar-refractivity contribution in [2.75, 3.05) is 66.7 Å². The molecule has 12 nitrogen and oxygen atoms in total. The summed E-state index contributed by atoms with van der Waals surface area (Å²) in [6.07, 6.45) is 5.48. The van der Waals surface area contributed by atoms with Crippen molar-refractivity contribution in [2.24, 2.45) is 5.73 Å². The van der Waals surface area contributed by atoms with Crippen LogP contribution in [0.1, 0.15) is 51.4 Å². The van der Waals surface area contributed by atoms with Crippen molar-refractivity contribution >= 4 is 23.6 Å². The summed E-state index contributed by atoms with van der Waals surface area (Å²) in [7, 11) is 3.66. The van der Waals surface area contributed by atoms with Crippen LogP contribution in [0.3, 0.4) is 0 Å². The van der Waals surface area contributed by atoms with Crippen LogP contribution < -0.4 is 32.3 Å². The topological polar surface area (TPSA) is 173 Å². The van der Waals surface area contributed by atoms with Crippen LogP contribution in [0.25, 0.3) is 0 Å². The van der Waals surface area contributed by atoms with Gasteiger partial charge < -0.3 is 41.8 Å². The maximum absolute atomic E-state index is 11.8. The lowest BCUT2D eigenvalue weighted by atomic mass is 10.1. The van der Waals surface area contributed by atoms with Gasteiger partial charge in [0.25, 0.3) is 0 Å². The highest BCUT2D eigenvalue weighted by molar-refractivity contribution is 5.86. The first-order valence-electron chi connectivity index (χ1n) is 12.5. The maximum atomic E-state index is 11.8. The van der Waals surface area contributed by atoms with Crippen LogP contribution in [0.2, 0.25) is 0 Å². The minimum atomic E-state index is -0.708. The highest BCUT2D eigenvalue weighted by Gasteiger charge is 2.17. The van der Waals surface area contributed by atoms with E-state index >= 15 is 0 Å². The molecule has 12 heteroatoms. The molecule has 1 atom stereocenters. The van der Waals surface area contributed by atoms with Gasteiger partial charge in [0, 0.05) is 32.5 Å². The SMILES string of the molecule is CNCCCCCC(=O)NCCOCCOCC(=O)NCCCCC(NC(=O)CCNC)C(N)=O. The Hall–Kier alpha value is -2.28. The lowest BCUT2D eigenvalue weighted by molar-refractivity contribution is -0.127. The van der Waals surface area contributed by atoms with Crippen LogP contribution in [0, 0.1) is 0 Å². The zero-order valence-electron chi connectivity index (χ0n) is 21.4. The van der Waals surface area contributed by atoms with E-state index in [9.17, 15) is 19.2 Å². The third kappa shape index (κ3) is 22.0. The highest BCUT2D eigenvalue weighted by Crippen LogP contribution is 2.01. The Labute approximate surface area is 209 Å². The van der Waals surface area contributed by atoms with E-state index in [0.29, 0.717) is 58.5 Å². The number of hydrogen-bond acceptors (Lipinski definition) is 8. The van der Waals surface area contributed by atoms with Crippen molar-refractivity contribution in [1.29, 1.82) is 0 Å². The van der Waals surface area contributed by atoms with Crippen molar-refractivity contribution in [3.05, 3.63) is 0 Å². The van der Waals surface area contributed by atoms with Gasteiger partial charge in [-0.15, -0.1) is 0 Å². The van der Waals surface area contributed by atoms with E-state index in [1.54, 1.807) is 7.05 Å². The van der Waals surface area contributed by atoms with Gasteiger partial charge in [-0.1, -0.05) is 6.42 Å². The van der Waals surface area contributed by atoms with Gasteiger partial charge in [-0.25, -0.2) is 0 Å². The molecule has 0 spiro atoms. The Morgan fingerprint density at radius 3 is 2.09 bits per heavy atom. The Balaban J connectivity index is 3.59. The summed E-state index contributed by atoms with van der Waals surface area (Å²) in [4.78, 5) is 46.7. The normalized spacial score (nSPS) is 11.6. The number of amides is 4. The summed E-state index contributed by atoms with van der Waals surface area (Å²) in [6, 6.07) is -0.708. The number of hydrogen-bond donors (Lipinski definition) is 6. The maximum Gasteiger partial charge on any atom is 0.245 e. The van der Waals surface area contributed by atoms with E-state index in [1.165, 1.54) is 0 Å². The van der Waals surface area contributed by atoms with E-state index in [1.807, 2.05) is 7.05 Å². The second-order valence-electron chi connectivity index (χ2n) is 8.15. The Kier molecular flexibility index (Phi) is 21.9. The molecule has 0 bridgehead atoms. The molecule has 0 rings (SSSR count). The van der Waals surface area contributed by atoms with E-state index in [2.05, 4.69) is 26.6 Å². The van der Waals surface area contributed by atoms with Gasteiger partial charge in [0.05, 0.1) is 19.8 Å².